The maximum Gasteiger partial charge on any atom is 0.349 e. The molecule has 0 aliphatic heterocycles. The van der Waals surface area contributed by atoms with Crippen molar-refractivity contribution in [2.45, 2.75) is 32.8 Å². The van der Waals surface area contributed by atoms with Crippen molar-refractivity contribution in [2.75, 3.05) is 0 Å². The Morgan fingerprint density at radius 1 is 1.16 bits per heavy atom. The first-order valence-corrected chi connectivity index (χ1v) is 8.23. The fourth-order valence-electron chi connectivity index (χ4n) is 2.53. The molecule has 0 spiro atoms. The second-order valence-electron chi connectivity index (χ2n) is 5.63. The topological polar surface area (TPSA) is 83.8 Å². The number of phenolic OH excluding ortho intramolecular Hbond substituents is 1. The van der Waals surface area contributed by atoms with Gasteiger partial charge >= 0.3 is 5.97 Å². The van der Waals surface area contributed by atoms with Gasteiger partial charge in [0.1, 0.15) is 11.5 Å². The highest BCUT2D eigenvalue weighted by Crippen LogP contribution is 2.35. The van der Waals surface area contributed by atoms with Crippen LogP contribution in [0.25, 0.3) is 0 Å². The van der Waals surface area contributed by atoms with Crippen LogP contribution >= 0.6 is 11.6 Å². The van der Waals surface area contributed by atoms with Crippen LogP contribution in [-0.2, 0) is 11.2 Å². The molecule has 25 heavy (non-hydrogen) atoms. The SMILES string of the molecule is CCCc1c(OC(C(=O)O)c2ccc(Cl)cc2)ccc(C(C)=O)c1O. The Bertz CT molecular complexity index is 783. The minimum atomic E-state index is -1.25. The van der Waals surface area contributed by atoms with Crippen molar-refractivity contribution < 1.29 is 24.5 Å². The third-order valence-corrected chi connectivity index (χ3v) is 4.01. The zero-order valence-corrected chi connectivity index (χ0v) is 14.7. The standard InChI is InChI=1S/C19H19ClO5/c1-3-4-15-16(10-9-14(11(2)21)17(15)22)25-18(19(23)24)12-5-7-13(20)8-6-12/h5-10,18,22H,3-4H2,1-2H3,(H,23,24). The first-order valence-electron chi connectivity index (χ1n) is 7.85. The van der Waals surface area contributed by atoms with Gasteiger partial charge in [-0.15, -0.1) is 0 Å². The normalized spacial score (nSPS) is 11.8. The predicted octanol–water partition coefficient (Wildman–Crippen LogP) is 4.41. The van der Waals surface area contributed by atoms with Crippen LogP contribution in [0.3, 0.4) is 0 Å². The van der Waals surface area contributed by atoms with E-state index in [1.807, 2.05) is 6.92 Å². The summed E-state index contributed by atoms with van der Waals surface area (Å²) in [6.45, 7) is 3.27. The molecule has 2 aromatic rings. The summed E-state index contributed by atoms with van der Waals surface area (Å²) in [5.41, 5.74) is 1.04. The van der Waals surface area contributed by atoms with E-state index in [-0.39, 0.29) is 22.8 Å². The summed E-state index contributed by atoms with van der Waals surface area (Å²) >= 11 is 5.84. The summed E-state index contributed by atoms with van der Waals surface area (Å²) < 4.78 is 5.69. The second kappa shape index (κ2) is 8.03. The molecule has 6 heteroatoms. The fourth-order valence-corrected chi connectivity index (χ4v) is 2.66. The van der Waals surface area contributed by atoms with Gasteiger partial charge in [0.05, 0.1) is 5.56 Å². The summed E-state index contributed by atoms with van der Waals surface area (Å²) in [5, 5.41) is 20.4. The summed E-state index contributed by atoms with van der Waals surface area (Å²) in [4.78, 5) is 23.3. The van der Waals surface area contributed by atoms with Gasteiger partial charge in [-0.3, -0.25) is 4.79 Å². The molecule has 0 radical (unpaired) electrons. The Morgan fingerprint density at radius 3 is 2.32 bits per heavy atom. The summed E-state index contributed by atoms with van der Waals surface area (Å²) in [5.74, 6) is -1.35. The van der Waals surface area contributed by atoms with Gasteiger partial charge in [-0.2, -0.15) is 0 Å². The van der Waals surface area contributed by atoms with Crippen LogP contribution in [0.1, 0.15) is 47.9 Å². The van der Waals surface area contributed by atoms with E-state index < -0.39 is 12.1 Å². The highest BCUT2D eigenvalue weighted by molar-refractivity contribution is 6.30. The van der Waals surface area contributed by atoms with Crippen LogP contribution in [0.2, 0.25) is 5.02 Å². The number of carboxylic acids is 1. The lowest BCUT2D eigenvalue weighted by molar-refractivity contribution is -0.145. The molecule has 0 heterocycles. The zero-order chi connectivity index (χ0) is 18.6. The van der Waals surface area contributed by atoms with E-state index in [2.05, 4.69) is 0 Å². The number of carboxylic acid groups (broad SMARTS) is 1. The van der Waals surface area contributed by atoms with Crippen LogP contribution in [-0.4, -0.2) is 22.0 Å². The van der Waals surface area contributed by atoms with Crippen molar-refractivity contribution in [3.05, 3.63) is 58.1 Å². The number of carbonyl (C=O) groups excluding carboxylic acids is 1. The average Bonchev–Trinajstić information content (AvgIpc) is 2.56. The average molecular weight is 363 g/mol. The Kier molecular flexibility index (Phi) is 6.04. The van der Waals surface area contributed by atoms with Gasteiger partial charge in [0, 0.05) is 16.1 Å². The van der Waals surface area contributed by atoms with Gasteiger partial charge in [0.25, 0.3) is 0 Å². The van der Waals surface area contributed by atoms with Gasteiger partial charge < -0.3 is 14.9 Å². The van der Waals surface area contributed by atoms with Crippen molar-refractivity contribution in [1.82, 2.24) is 0 Å². The lowest BCUT2D eigenvalue weighted by Gasteiger charge is -2.19. The molecule has 1 atom stereocenters. The molecule has 0 aliphatic rings. The Morgan fingerprint density at radius 2 is 1.80 bits per heavy atom. The number of aliphatic carboxylic acids is 1. The van der Waals surface area contributed by atoms with Gasteiger partial charge in [-0.1, -0.05) is 37.1 Å². The first kappa shape index (κ1) is 18.8. The Labute approximate surface area is 150 Å². The number of hydrogen-bond acceptors (Lipinski definition) is 4. The molecule has 0 saturated carbocycles. The van der Waals surface area contributed by atoms with Gasteiger partial charge in [0.2, 0.25) is 6.10 Å². The summed E-state index contributed by atoms with van der Waals surface area (Å²) in [6, 6.07) is 9.27. The number of benzene rings is 2. The van der Waals surface area contributed by atoms with E-state index in [9.17, 15) is 19.8 Å². The Balaban J connectivity index is 2.45. The minimum absolute atomic E-state index is 0.160. The maximum absolute atomic E-state index is 11.6. The number of phenols is 1. The quantitative estimate of drug-likeness (QED) is 0.713. The molecule has 132 valence electrons. The highest BCUT2D eigenvalue weighted by Gasteiger charge is 2.25. The van der Waals surface area contributed by atoms with Crippen molar-refractivity contribution in [3.8, 4) is 11.5 Å². The molecule has 5 nitrogen and oxygen atoms in total. The van der Waals surface area contributed by atoms with Crippen LogP contribution in [0.5, 0.6) is 11.5 Å². The molecule has 2 rings (SSSR count). The molecule has 0 fully saturated rings. The van der Waals surface area contributed by atoms with Crippen molar-refractivity contribution in [3.63, 3.8) is 0 Å². The second-order valence-corrected chi connectivity index (χ2v) is 6.07. The van der Waals surface area contributed by atoms with Gasteiger partial charge in [0.15, 0.2) is 5.78 Å². The molecule has 0 saturated heterocycles. The third kappa shape index (κ3) is 4.31. The minimum Gasteiger partial charge on any atom is -0.507 e. The highest BCUT2D eigenvalue weighted by atomic mass is 35.5. The van der Waals surface area contributed by atoms with E-state index in [1.54, 1.807) is 24.3 Å². The summed E-state index contributed by atoms with van der Waals surface area (Å²) in [7, 11) is 0. The van der Waals surface area contributed by atoms with Gasteiger partial charge in [-0.05, 0) is 37.6 Å². The van der Waals surface area contributed by atoms with Gasteiger partial charge in [-0.25, -0.2) is 4.79 Å². The van der Waals surface area contributed by atoms with E-state index in [0.717, 1.165) is 0 Å². The van der Waals surface area contributed by atoms with Crippen LogP contribution in [0, 0.1) is 0 Å². The molecule has 0 aromatic heterocycles. The monoisotopic (exact) mass is 362 g/mol. The van der Waals surface area contributed by atoms with Crippen molar-refractivity contribution in [1.29, 1.82) is 0 Å². The Hall–Kier alpha value is -2.53. The number of ketones is 1. The lowest BCUT2D eigenvalue weighted by atomic mass is 10.0. The molecule has 0 bridgehead atoms. The molecule has 2 N–H and O–H groups in total. The number of ether oxygens (including phenoxy) is 1. The van der Waals surface area contributed by atoms with E-state index in [1.165, 1.54) is 19.1 Å². The molecular formula is C19H19ClO5. The van der Waals surface area contributed by atoms with E-state index in [0.29, 0.717) is 29.0 Å². The summed E-state index contributed by atoms with van der Waals surface area (Å²) in [6.07, 6.45) is -0.102. The van der Waals surface area contributed by atoms with Crippen LogP contribution in [0.15, 0.2) is 36.4 Å². The third-order valence-electron chi connectivity index (χ3n) is 3.76. The smallest absolute Gasteiger partial charge is 0.349 e. The molecule has 1 unspecified atom stereocenters. The van der Waals surface area contributed by atoms with Crippen molar-refractivity contribution in [2.24, 2.45) is 0 Å². The zero-order valence-electron chi connectivity index (χ0n) is 14.0. The lowest BCUT2D eigenvalue weighted by Crippen LogP contribution is -2.19. The molecular weight excluding hydrogens is 344 g/mol. The fraction of sp³-hybridized carbons (Fsp3) is 0.263. The molecule has 2 aromatic carbocycles. The largest absolute Gasteiger partial charge is 0.507 e. The molecule has 0 amide bonds. The maximum atomic E-state index is 11.6. The van der Waals surface area contributed by atoms with E-state index in [4.69, 9.17) is 16.3 Å². The number of rotatable bonds is 7. The number of hydrogen-bond donors (Lipinski definition) is 2. The molecule has 0 aliphatic carbocycles. The van der Waals surface area contributed by atoms with Crippen molar-refractivity contribution >= 4 is 23.4 Å². The number of halogens is 1. The number of Topliss-reactive ketones (excluding diaryl/α,β-unsaturated/α-hetero) is 1. The van der Waals surface area contributed by atoms with Crippen LogP contribution < -0.4 is 4.74 Å². The van der Waals surface area contributed by atoms with Crippen LogP contribution in [0.4, 0.5) is 0 Å². The number of carbonyl (C=O) groups is 2. The number of aromatic hydroxyl groups is 1. The predicted molar refractivity (Wildman–Crippen MR) is 94.6 cm³/mol. The van der Waals surface area contributed by atoms with E-state index >= 15 is 0 Å². The first-order chi connectivity index (χ1) is 11.8.